The van der Waals surface area contributed by atoms with E-state index in [9.17, 15) is 9.59 Å². The van der Waals surface area contributed by atoms with Crippen molar-refractivity contribution in [3.63, 3.8) is 0 Å². The number of hydrazine groups is 1. The molecule has 1 aromatic carbocycles. The molecule has 0 radical (unpaired) electrons. The molecule has 6 nitrogen and oxygen atoms in total. The van der Waals surface area contributed by atoms with Crippen LogP contribution in [0.25, 0.3) is 0 Å². The van der Waals surface area contributed by atoms with Gasteiger partial charge in [0.2, 0.25) is 5.91 Å². The Bertz CT molecular complexity index is 672. The van der Waals surface area contributed by atoms with Gasteiger partial charge in [-0.2, -0.15) is 0 Å². The van der Waals surface area contributed by atoms with Crippen LogP contribution in [-0.2, 0) is 9.59 Å². The molecule has 2 amide bonds. The predicted molar refractivity (Wildman–Crippen MR) is 118 cm³/mol. The van der Waals surface area contributed by atoms with Gasteiger partial charge in [0.1, 0.15) is 5.75 Å². The lowest BCUT2D eigenvalue weighted by atomic mass is 9.86. The highest BCUT2D eigenvalue weighted by Crippen LogP contribution is 2.27. The second kappa shape index (κ2) is 12.4. The number of amides is 2. The number of hydrogen-bond acceptors (Lipinski definition) is 4. The first-order chi connectivity index (χ1) is 14.0. The molecule has 2 rings (SSSR count). The van der Waals surface area contributed by atoms with Gasteiger partial charge in [-0.3, -0.25) is 20.4 Å². The van der Waals surface area contributed by atoms with Crippen molar-refractivity contribution in [3.8, 4) is 5.75 Å². The maximum atomic E-state index is 12.0. The molecule has 7 heteroatoms. The summed E-state index contributed by atoms with van der Waals surface area (Å²) in [6.07, 6.45) is 8.69. The lowest BCUT2D eigenvalue weighted by Crippen LogP contribution is -2.49. The fourth-order valence-corrected chi connectivity index (χ4v) is 3.64. The third kappa shape index (κ3) is 8.81. The Labute approximate surface area is 179 Å². The van der Waals surface area contributed by atoms with Crippen LogP contribution in [0, 0.1) is 5.92 Å². The first-order valence-electron chi connectivity index (χ1n) is 10.6. The fourth-order valence-electron chi connectivity index (χ4n) is 3.47. The summed E-state index contributed by atoms with van der Waals surface area (Å²) < 4.78 is 5.47. The third-order valence-corrected chi connectivity index (χ3v) is 5.71. The van der Waals surface area contributed by atoms with Crippen LogP contribution in [0.15, 0.2) is 24.3 Å². The van der Waals surface area contributed by atoms with Gasteiger partial charge in [-0.15, -0.1) is 0 Å². The third-order valence-electron chi connectivity index (χ3n) is 5.50. The van der Waals surface area contributed by atoms with Crippen LogP contribution >= 0.6 is 12.2 Å². The van der Waals surface area contributed by atoms with Gasteiger partial charge < -0.3 is 10.1 Å². The molecule has 29 heavy (non-hydrogen) atoms. The average molecular weight is 420 g/mol. The maximum Gasteiger partial charge on any atom is 0.276 e. The number of carbonyl (C=O) groups is 2. The maximum absolute atomic E-state index is 12.0. The molecule has 0 heterocycles. The molecule has 1 aromatic rings. The van der Waals surface area contributed by atoms with Crippen molar-refractivity contribution in [1.29, 1.82) is 0 Å². The molecule has 0 saturated heterocycles. The highest BCUT2D eigenvalue weighted by atomic mass is 32.1. The van der Waals surface area contributed by atoms with Crippen molar-refractivity contribution in [2.75, 3.05) is 6.61 Å². The van der Waals surface area contributed by atoms with Crippen molar-refractivity contribution < 1.29 is 14.3 Å². The van der Waals surface area contributed by atoms with Gasteiger partial charge in [-0.05, 0) is 54.6 Å². The largest absolute Gasteiger partial charge is 0.484 e. The highest BCUT2D eigenvalue weighted by Gasteiger charge is 2.15. The summed E-state index contributed by atoms with van der Waals surface area (Å²) >= 11 is 5.05. The molecule has 0 spiro atoms. The minimum Gasteiger partial charge on any atom is -0.484 e. The molecule has 0 bridgehead atoms. The van der Waals surface area contributed by atoms with E-state index in [2.05, 4.69) is 30.0 Å². The van der Waals surface area contributed by atoms with Gasteiger partial charge in [-0.1, -0.05) is 58.1 Å². The fraction of sp³-hybridized carbons (Fsp3) is 0.591. The summed E-state index contributed by atoms with van der Waals surface area (Å²) in [4.78, 5) is 23.9. The Kier molecular flexibility index (Phi) is 9.91. The van der Waals surface area contributed by atoms with E-state index < -0.39 is 0 Å². The van der Waals surface area contributed by atoms with E-state index in [-0.39, 0.29) is 23.5 Å². The molecular formula is C22H33N3O3S. The number of hydrogen-bond donors (Lipinski definition) is 3. The van der Waals surface area contributed by atoms with Crippen LogP contribution in [0.3, 0.4) is 0 Å². The quantitative estimate of drug-likeness (QED) is 0.439. The lowest BCUT2D eigenvalue weighted by molar-refractivity contribution is -0.124. The molecule has 1 unspecified atom stereocenters. The summed E-state index contributed by atoms with van der Waals surface area (Å²) in [5.74, 6) is 1.27. The Hall–Kier alpha value is -2.15. The highest BCUT2D eigenvalue weighted by molar-refractivity contribution is 7.80. The van der Waals surface area contributed by atoms with Crippen molar-refractivity contribution in [3.05, 3.63) is 29.8 Å². The topological polar surface area (TPSA) is 79.5 Å². The Balaban J connectivity index is 1.60. The Morgan fingerprint density at radius 1 is 1.10 bits per heavy atom. The molecule has 1 aliphatic rings. The van der Waals surface area contributed by atoms with Gasteiger partial charge in [-0.25, -0.2) is 0 Å². The van der Waals surface area contributed by atoms with Crippen LogP contribution in [-0.4, -0.2) is 23.5 Å². The van der Waals surface area contributed by atoms with E-state index in [0.717, 1.165) is 12.8 Å². The molecule has 3 N–H and O–H groups in total. The van der Waals surface area contributed by atoms with Gasteiger partial charge in [0, 0.05) is 6.42 Å². The number of thiocarbonyl (C=S) groups is 1. The second-order valence-corrected chi connectivity index (χ2v) is 8.17. The van der Waals surface area contributed by atoms with E-state index in [1.807, 2.05) is 24.3 Å². The summed E-state index contributed by atoms with van der Waals surface area (Å²) in [5, 5.41) is 2.68. The number of benzene rings is 1. The van der Waals surface area contributed by atoms with E-state index in [1.165, 1.54) is 37.7 Å². The average Bonchev–Trinajstić information content (AvgIpc) is 2.75. The first-order valence-corrected chi connectivity index (χ1v) is 11.0. The zero-order valence-corrected chi connectivity index (χ0v) is 18.3. The van der Waals surface area contributed by atoms with E-state index in [1.54, 1.807) is 0 Å². The Morgan fingerprint density at radius 2 is 1.79 bits per heavy atom. The summed E-state index contributed by atoms with van der Waals surface area (Å²) in [7, 11) is 0. The summed E-state index contributed by atoms with van der Waals surface area (Å²) in [6.45, 7) is 4.18. The van der Waals surface area contributed by atoms with Crippen molar-refractivity contribution in [2.45, 2.75) is 71.1 Å². The van der Waals surface area contributed by atoms with E-state index in [4.69, 9.17) is 17.0 Å². The first kappa shape index (κ1) is 23.1. The number of ether oxygens (including phenoxy) is 1. The SMILES string of the molecule is CCC(C)c1ccc(OCC(=O)NNC(=S)NC(=O)CCC2CCCCC2)cc1. The molecule has 1 aliphatic carbocycles. The molecule has 0 aromatic heterocycles. The Morgan fingerprint density at radius 3 is 2.45 bits per heavy atom. The van der Waals surface area contributed by atoms with Crippen LogP contribution in [0.1, 0.15) is 76.7 Å². The summed E-state index contributed by atoms with van der Waals surface area (Å²) in [6, 6.07) is 7.74. The standard InChI is InChI=1S/C22H33N3O3S/c1-3-16(2)18-10-12-19(13-11-18)28-15-21(27)24-25-22(29)23-20(26)14-9-17-7-5-4-6-8-17/h10-13,16-17H,3-9,14-15H2,1-2H3,(H,24,27)(H2,23,25,26,29). The van der Waals surface area contributed by atoms with Crippen molar-refractivity contribution in [2.24, 2.45) is 5.92 Å². The smallest absolute Gasteiger partial charge is 0.276 e. The molecule has 0 aliphatic heterocycles. The molecule has 1 saturated carbocycles. The van der Waals surface area contributed by atoms with Crippen LogP contribution in [0.5, 0.6) is 5.75 Å². The zero-order valence-electron chi connectivity index (χ0n) is 17.5. The van der Waals surface area contributed by atoms with Gasteiger partial charge in [0.15, 0.2) is 11.7 Å². The normalized spacial score (nSPS) is 15.2. The number of rotatable bonds is 8. The van der Waals surface area contributed by atoms with Gasteiger partial charge in [0.05, 0.1) is 0 Å². The van der Waals surface area contributed by atoms with Crippen molar-refractivity contribution in [1.82, 2.24) is 16.2 Å². The predicted octanol–water partition coefficient (Wildman–Crippen LogP) is 3.96. The molecule has 1 atom stereocenters. The molecule has 160 valence electrons. The lowest BCUT2D eigenvalue weighted by Gasteiger charge is -2.21. The minimum absolute atomic E-state index is 0.0879. The van der Waals surface area contributed by atoms with E-state index >= 15 is 0 Å². The van der Waals surface area contributed by atoms with Gasteiger partial charge in [0.25, 0.3) is 5.91 Å². The minimum atomic E-state index is -0.380. The number of carbonyl (C=O) groups excluding carboxylic acids is 2. The molecular weight excluding hydrogens is 386 g/mol. The van der Waals surface area contributed by atoms with E-state index in [0.29, 0.717) is 24.0 Å². The monoisotopic (exact) mass is 419 g/mol. The van der Waals surface area contributed by atoms with Gasteiger partial charge >= 0.3 is 0 Å². The van der Waals surface area contributed by atoms with Crippen LogP contribution in [0.2, 0.25) is 0 Å². The summed E-state index contributed by atoms with van der Waals surface area (Å²) in [5.41, 5.74) is 6.22. The van der Waals surface area contributed by atoms with Crippen molar-refractivity contribution >= 4 is 29.1 Å². The van der Waals surface area contributed by atoms with Crippen LogP contribution < -0.4 is 20.9 Å². The zero-order chi connectivity index (χ0) is 21.1. The number of nitrogens with one attached hydrogen (secondary N) is 3. The molecule has 1 fully saturated rings. The second-order valence-electron chi connectivity index (χ2n) is 7.76. The van der Waals surface area contributed by atoms with Crippen LogP contribution in [0.4, 0.5) is 0 Å².